The van der Waals surface area contributed by atoms with Crippen molar-refractivity contribution in [3.8, 4) is 0 Å². The minimum absolute atomic E-state index is 1.25. The zero-order valence-corrected chi connectivity index (χ0v) is 10.1. The Balaban J connectivity index is 0.000000791. The Morgan fingerprint density at radius 3 is 2.36 bits per heavy atom. The minimum atomic E-state index is 1.25. The van der Waals surface area contributed by atoms with E-state index in [1.807, 2.05) is 13.8 Å². The molecule has 0 spiro atoms. The van der Waals surface area contributed by atoms with Gasteiger partial charge in [0, 0.05) is 0 Å². The number of aryl methyl sites for hydroxylation is 2. The van der Waals surface area contributed by atoms with Gasteiger partial charge in [0.2, 0.25) is 0 Å². The van der Waals surface area contributed by atoms with Crippen LogP contribution in [0.15, 0.2) is 24.3 Å². The smallest absolute Gasteiger partial charge is 0.0279 e. The zero-order chi connectivity index (χ0) is 10.8. The molecule has 0 aliphatic carbocycles. The summed E-state index contributed by atoms with van der Waals surface area (Å²) < 4.78 is 0. The first kappa shape index (κ1) is 13.2. The van der Waals surface area contributed by atoms with Crippen molar-refractivity contribution in [3.63, 3.8) is 0 Å². The van der Waals surface area contributed by atoms with E-state index < -0.39 is 0 Å². The predicted molar refractivity (Wildman–Crippen MR) is 65.8 cm³/mol. The molecule has 0 bridgehead atoms. The van der Waals surface area contributed by atoms with Crippen molar-refractivity contribution >= 4 is 0 Å². The molecule has 0 radical (unpaired) electrons. The first-order valence-electron chi connectivity index (χ1n) is 5.88. The minimum Gasteiger partial charge on any atom is -0.0683 e. The van der Waals surface area contributed by atoms with Crippen molar-refractivity contribution in [1.82, 2.24) is 0 Å². The van der Waals surface area contributed by atoms with Crippen LogP contribution in [0, 0.1) is 6.92 Å². The van der Waals surface area contributed by atoms with Gasteiger partial charge in [-0.1, -0.05) is 63.4 Å². The van der Waals surface area contributed by atoms with Crippen molar-refractivity contribution in [2.24, 2.45) is 0 Å². The van der Waals surface area contributed by atoms with E-state index in [0.29, 0.717) is 0 Å². The van der Waals surface area contributed by atoms with E-state index in [9.17, 15) is 0 Å². The van der Waals surface area contributed by atoms with E-state index >= 15 is 0 Å². The molecule has 0 aliphatic heterocycles. The third-order valence-corrected chi connectivity index (χ3v) is 2.15. The van der Waals surface area contributed by atoms with Crippen molar-refractivity contribution < 1.29 is 0 Å². The number of hydrogen-bond acceptors (Lipinski definition) is 0. The van der Waals surface area contributed by atoms with E-state index in [1.54, 1.807) is 0 Å². The van der Waals surface area contributed by atoms with Crippen LogP contribution < -0.4 is 0 Å². The first-order valence-corrected chi connectivity index (χ1v) is 5.88. The predicted octanol–water partition coefficient (Wildman–Crippen LogP) is 4.75. The van der Waals surface area contributed by atoms with Crippen molar-refractivity contribution in [2.75, 3.05) is 0 Å². The lowest BCUT2D eigenvalue weighted by Crippen LogP contribution is -1.85. The summed E-state index contributed by atoms with van der Waals surface area (Å²) in [6.07, 6.45) is 5.25. The zero-order valence-electron chi connectivity index (χ0n) is 10.1. The van der Waals surface area contributed by atoms with Gasteiger partial charge in [0.15, 0.2) is 0 Å². The quantitative estimate of drug-likeness (QED) is 0.604. The summed E-state index contributed by atoms with van der Waals surface area (Å²) in [6, 6.07) is 8.82. The maximum atomic E-state index is 2.29. The van der Waals surface area contributed by atoms with E-state index in [0.717, 1.165) is 0 Å². The Bertz CT molecular complexity index is 225. The molecule has 0 aliphatic rings. The van der Waals surface area contributed by atoms with Crippen molar-refractivity contribution in [2.45, 2.75) is 53.4 Å². The Morgan fingerprint density at radius 2 is 1.79 bits per heavy atom. The van der Waals surface area contributed by atoms with E-state index in [4.69, 9.17) is 0 Å². The Labute approximate surface area is 89.4 Å². The normalized spacial score (nSPS) is 9.14. The highest BCUT2D eigenvalue weighted by Crippen LogP contribution is 2.08. The van der Waals surface area contributed by atoms with Crippen LogP contribution in [-0.4, -0.2) is 0 Å². The molecule has 0 atom stereocenters. The molecule has 0 saturated carbocycles. The molecule has 0 aromatic heterocycles. The summed E-state index contributed by atoms with van der Waals surface area (Å²) in [5.74, 6) is 0. The second-order valence-corrected chi connectivity index (χ2v) is 3.45. The molecule has 1 aromatic rings. The molecule has 80 valence electrons. The number of hydrogen-bond donors (Lipinski definition) is 0. The Morgan fingerprint density at radius 1 is 1.07 bits per heavy atom. The Hall–Kier alpha value is -0.780. The molecular formula is C14H24. The Kier molecular flexibility index (Phi) is 8.31. The first-order chi connectivity index (χ1) is 6.83. The number of unbranched alkanes of at least 4 members (excludes halogenated alkanes) is 2. The lowest BCUT2D eigenvalue weighted by Gasteiger charge is -2.00. The molecule has 0 fully saturated rings. The molecule has 0 amide bonds. The van der Waals surface area contributed by atoms with E-state index in [-0.39, 0.29) is 0 Å². The molecule has 0 nitrogen and oxygen atoms in total. The highest BCUT2D eigenvalue weighted by Gasteiger charge is 1.92. The summed E-state index contributed by atoms with van der Waals surface area (Å²) in [5, 5.41) is 0. The van der Waals surface area contributed by atoms with Crippen LogP contribution in [0.4, 0.5) is 0 Å². The van der Waals surface area contributed by atoms with Gasteiger partial charge in [-0.15, -0.1) is 0 Å². The monoisotopic (exact) mass is 192 g/mol. The second-order valence-electron chi connectivity index (χ2n) is 3.45. The lowest BCUT2D eigenvalue weighted by atomic mass is 10.1. The van der Waals surface area contributed by atoms with Gasteiger partial charge in [0.05, 0.1) is 0 Å². The number of benzene rings is 1. The highest BCUT2D eigenvalue weighted by molar-refractivity contribution is 5.22. The van der Waals surface area contributed by atoms with Gasteiger partial charge in [-0.25, -0.2) is 0 Å². The molecule has 0 heterocycles. The van der Waals surface area contributed by atoms with E-state index in [2.05, 4.69) is 38.1 Å². The number of rotatable bonds is 4. The van der Waals surface area contributed by atoms with Gasteiger partial charge >= 0.3 is 0 Å². The maximum Gasteiger partial charge on any atom is -0.0279 e. The van der Waals surface area contributed by atoms with E-state index in [1.165, 1.54) is 36.8 Å². The van der Waals surface area contributed by atoms with Gasteiger partial charge in [-0.3, -0.25) is 0 Å². The van der Waals surface area contributed by atoms with Gasteiger partial charge in [0.25, 0.3) is 0 Å². The highest BCUT2D eigenvalue weighted by atomic mass is 14.0. The third-order valence-electron chi connectivity index (χ3n) is 2.15. The summed E-state index contributed by atoms with van der Waals surface area (Å²) >= 11 is 0. The topological polar surface area (TPSA) is 0 Å². The summed E-state index contributed by atoms with van der Waals surface area (Å²) in [5.41, 5.74) is 2.87. The van der Waals surface area contributed by atoms with Gasteiger partial charge in [0.1, 0.15) is 0 Å². The summed E-state index contributed by atoms with van der Waals surface area (Å²) in [4.78, 5) is 0. The molecular weight excluding hydrogens is 168 g/mol. The third kappa shape index (κ3) is 5.80. The molecule has 0 N–H and O–H groups in total. The average molecular weight is 192 g/mol. The fourth-order valence-electron chi connectivity index (χ4n) is 1.45. The molecule has 1 rings (SSSR count). The van der Waals surface area contributed by atoms with Gasteiger partial charge < -0.3 is 0 Å². The largest absolute Gasteiger partial charge is 0.0683 e. The van der Waals surface area contributed by atoms with Crippen molar-refractivity contribution in [3.05, 3.63) is 35.4 Å². The molecule has 0 heteroatoms. The van der Waals surface area contributed by atoms with Gasteiger partial charge in [-0.2, -0.15) is 0 Å². The SMILES string of the molecule is CC.CCCCCc1cccc(C)c1. The summed E-state index contributed by atoms with van der Waals surface area (Å²) in [6.45, 7) is 8.40. The van der Waals surface area contributed by atoms with Crippen molar-refractivity contribution in [1.29, 1.82) is 0 Å². The molecule has 0 unspecified atom stereocenters. The van der Waals surface area contributed by atoms with Crippen LogP contribution in [0.25, 0.3) is 0 Å². The molecule has 1 aromatic carbocycles. The van der Waals surface area contributed by atoms with Crippen LogP contribution >= 0.6 is 0 Å². The lowest BCUT2D eigenvalue weighted by molar-refractivity contribution is 0.717. The molecule has 0 saturated heterocycles. The maximum absolute atomic E-state index is 2.29. The van der Waals surface area contributed by atoms with Crippen LogP contribution in [0.5, 0.6) is 0 Å². The molecule has 14 heavy (non-hydrogen) atoms. The summed E-state index contributed by atoms with van der Waals surface area (Å²) in [7, 11) is 0. The fraction of sp³-hybridized carbons (Fsp3) is 0.571. The van der Waals surface area contributed by atoms with Crippen LogP contribution in [0.3, 0.4) is 0 Å². The van der Waals surface area contributed by atoms with Crippen LogP contribution in [-0.2, 0) is 6.42 Å². The van der Waals surface area contributed by atoms with Crippen LogP contribution in [0.2, 0.25) is 0 Å². The average Bonchev–Trinajstić information content (AvgIpc) is 2.21. The standard InChI is InChI=1S/C12H18.C2H6/c1-3-4-5-8-12-9-6-7-11(2)10-12;1-2/h6-7,9-10H,3-5,8H2,1-2H3;1-2H3. The van der Waals surface area contributed by atoms with Gasteiger partial charge in [-0.05, 0) is 25.3 Å². The van der Waals surface area contributed by atoms with Crippen LogP contribution in [0.1, 0.15) is 51.2 Å². The fourth-order valence-corrected chi connectivity index (χ4v) is 1.45. The second kappa shape index (κ2) is 8.80.